The fourth-order valence-electron chi connectivity index (χ4n) is 2.28. The fraction of sp³-hybridized carbons (Fsp3) is 0.385. The maximum absolute atomic E-state index is 13.5. The van der Waals surface area contributed by atoms with Gasteiger partial charge in [0, 0.05) is 6.04 Å². The highest BCUT2D eigenvalue weighted by molar-refractivity contribution is 6.07. The summed E-state index contributed by atoms with van der Waals surface area (Å²) in [7, 11) is 0. The normalized spacial score (nSPS) is 23.1. The Labute approximate surface area is 108 Å². The van der Waals surface area contributed by atoms with Crippen LogP contribution < -0.4 is 5.32 Å². The number of anilines is 1. The second kappa shape index (κ2) is 4.29. The minimum absolute atomic E-state index is 0.00385. The van der Waals surface area contributed by atoms with Gasteiger partial charge in [0.25, 0.3) is 5.91 Å². The van der Waals surface area contributed by atoms with Crippen LogP contribution in [-0.2, 0) is 9.59 Å². The quantitative estimate of drug-likeness (QED) is 0.847. The van der Waals surface area contributed by atoms with Gasteiger partial charge in [-0.15, -0.1) is 0 Å². The Balaban J connectivity index is 1.79. The first-order valence-electron chi connectivity index (χ1n) is 6.14. The van der Waals surface area contributed by atoms with Crippen LogP contribution in [0.25, 0.3) is 0 Å². The lowest BCUT2D eigenvalue weighted by atomic mass is 10.2. The number of hydrogen-bond donors (Lipinski definition) is 1. The molecule has 1 atom stereocenters. The summed E-state index contributed by atoms with van der Waals surface area (Å²) in [6.45, 7) is 0. The molecule has 19 heavy (non-hydrogen) atoms. The number of likely N-dealkylation sites (tertiary alicyclic amines) is 1. The van der Waals surface area contributed by atoms with Crippen LogP contribution >= 0.6 is 0 Å². The molecular weight excluding hydrogens is 254 g/mol. The lowest BCUT2D eigenvalue weighted by Crippen LogP contribution is -2.36. The highest BCUT2D eigenvalue weighted by atomic mass is 19.2. The molecule has 1 heterocycles. The van der Waals surface area contributed by atoms with Crippen LogP contribution in [0.4, 0.5) is 14.5 Å². The van der Waals surface area contributed by atoms with E-state index in [1.54, 1.807) is 0 Å². The average Bonchev–Trinajstić information content (AvgIpc) is 3.14. The number of benzene rings is 1. The third-order valence-corrected chi connectivity index (χ3v) is 3.38. The van der Waals surface area contributed by atoms with Crippen LogP contribution in [0.15, 0.2) is 18.2 Å². The second-order valence-electron chi connectivity index (χ2n) is 4.84. The maximum atomic E-state index is 13.5. The molecule has 0 bridgehead atoms. The first-order valence-corrected chi connectivity index (χ1v) is 6.14. The third-order valence-electron chi connectivity index (χ3n) is 3.38. The lowest BCUT2D eigenvalue weighted by Gasteiger charge is -2.15. The molecule has 1 aromatic rings. The Kier molecular flexibility index (Phi) is 2.73. The highest BCUT2D eigenvalue weighted by Gasteiger charge is 2.46. The molecule has 100 valence electrons. The van der Waals surface area contributed by atoms with Crippen molar-refractivity contribution in [2.45, 2.75) is 31.3 Å². The molecule has 0 aromatic heterocycles. The third kappa shape index (κ3) is 2.07. The Bertz CT molecular complexity index is 558. The highest BCUT2D eigenvalue weighted by Crippen LogP contribution is 2.32. The van der Waals surface area contributed by atoms with Gasteiger partial charge in [-0.05, 0) is 25.0 Å². The molecule has 3 rings (SSSR count). The Morgan fingerprint density at radius 2 is 1.95 bits per heavy atom. The summed E-state index contributed by atoms with van der Waals surface area (Å²) in [5.41, 5.74) is -0.0937. The van der Waals surface area contributed by atoms with Crippen LogP contribution in [0.5, 0.6) is 0 Å². The zero-order valence-electron chi connectivity index (χ0n) is 10.0. The topological polar surface area (TPSA) is 49.4 Å². The smallest absolute Gasteiger partial charge is 0.252 e. The molecule has 6 heteroatoms. The number of hydrogen-bond acceptors (Lipinski definition) is 3. The van der Waals surface area contributed by atoms with Crippen molar-refractivity contribution < 1.29 is 18.4 Å². The Morgan fingerprint density at radius 1 is 1.21 bits per heavy atom. The number of carbonyl (C=O) groups excluding carboxylic acids is 2. The lowest BCUT2D eigenvalue weighted by molar-refractivity contribution is -0.139. The van der Waals surface area contributed by atoms with E-state index >= 15 is 0 Å². The van der Waals surface area contributed by atoms with E-state index < -0.39 is 17.7 Å². The first-order chi connectivity index (χ1) is 9.08. The average molecular weight is 266 g/mol. The van der Waals surface area contributed by atoms with E-state index in [-0.39, 0.29) is 30.0 Å². The summed E-state index contributed by atoms with van der Waals surface area (Å²) < 4.78 is 26.6. The van der Waals surface area contributed by atoms with Gasteiger partial charge in [-0.1, -0.05) is 6.07 Å². The summed E-state index contributed by atoms with van der Waals surface area (Å²) >= 11 is 0. The van der Waals surface area contributed by atoms with Crippen molar-refractivity contribution in [3.63, 3.8) is 0 Å². The number of carbonyl (C=O) groups is 2. The largest absolute Gasteiger partial charge is 0.371 e. The van der Waals surface area contributed by atoms with Gasteiger partial charge in [0.1, 0.15) is 6.04 Å². The van der Waals surface area contributed by atoms with Crippen LogP contribution in [0, 0.1) is 11.6 Å². The Hall–Kier alpha value is -1.98. The van der Waals surface area contributed by atoms with Gasteiger partial charge >= 0.3 is 0 Å². The van der Waals surface area contributed by atoms with E-state index in [1.807, 2.05) is 0 Å². The van der Waals surface area contributed by atoms with Crippen molar-refractivity contribution >= 4 is 17.5 Å². The summed E-state index contributed by atoms with van der Waals surface area (Å²) in [6.07, 6.45) is 1.66. The molecule has 2 fully saturated rings. The number of rotatable bonds is 3. The number of halogens is 2. The molecule has 1 saturated carbocycles. The monoisotopic (exact) mass is 266 g/mol. The number of imide groups is 1. The second-order valence-corrected chi connectivity index (χ2v) is 4.84. The van der Waals surface area contributed by atoms with Crippen molar-refractivity contribution in [1.29, 1.82) is 0 Å². The van der Waals surface area contributed by atoms with E-state index in [0.717, 1.165) is 18.9 Å². The van der Waals surface area contributed by atoms with E-state index in [1.165, 1.54) is 17.0 Å². The first kappa shape index (κ1) is 12.1. The van der Waals surface area contributed by atoms with Gasteiger partial charge < -0.3 is 5.32 Å². The van der Waals surface area contributed by atoms with Gasteiger partial charge in [0.05, 0.1) is 12.1 Å². The molecular formula is C13H12F2N2O2. The van der Waals surface area contributed by atoms with E-state index in [4.69, 9.17) is 0 Å². The van der Waals surface area contributed by atoms with Crippen molar-refractivity contribution in [3.8, 4) is 0 Å². The van der Waals surface area contributed by atoms with Gasteiger partial charge in [-0.2, -0.15) is 0 Å². The predicted octanol–water partition coefficient (Wildman–Crippen LogP) is 1.67. The van der Waals surface area contributed by atoms with E-state index in [2.05, 4.69) is 5.32 Å². The molecule has 1 aromatic carbocycles. The molecule has 2 amide bonds. The zero-order chi connectivity index (χ0) is 13.6. The summed E-state index contributed by atoms with van der Waals surface area (Å²) in [6, 6.07) is 2.89. The van der Waals surface area contributed by atoms with Crippen molar-refractivity contribution in [2.75, 3.05) is 5.32 Å². The van der Waals surface area contributed by atoms with Crippen LogP contribution in [0.1, 0.15) is 19.3 Å². The molecule has 4 nitrogen and oxygen atoms in total. The van der Waals surface area contributed by atoms with Crippen LogP contribution in [0.2, 0.25) is 0 Å². The van der Waals surface area contributed by atoms with Crippen molar-refractivity contribution in [1.82, 2.24) is 4.90 Å². The minimum atomic E-state index is -1.03. The molecule has 0 radical (unpaired) electrons. The van der Waals surface area contributed by atoms with E-state index in [9.17, 15) is 18.4 Å². The number of nitrogens with one attached hydrogen (secondary N) is 1. The van der Waals surface area contributed by atoms with Crippen LogP contribution in [-0.4, -0.2) is 28.8 Å². The summed E-state index contributed by atoms with van der Waals surface area (Å²) in [5, 5.41) is 2.62. The van der Waals surface area contributed by atoms with Crippen LogP contribution in [0.3, 0.4) is 0 Å². The minimum Gasteiger partial charge on any atom is -0.371 e. The van der Waals surface area contributed by atoms with Crippen molar-refractivity contribution in [3.05, 3.63) is 29.8 Å². The molecule has 1 saturated heterocycles. The summed E-state index contributed by atoms with van der Waals surface area (Å²) in [4.78, 5) is 25.0. The summed E-state index contributed by atoms with van der Waals surface area (Å²) in [5.74, 6) is -2.62. The van der Waals surface area contributed by atoms with Crippen molar-refractivity contribution in [2.24, 2.45) is 0 Å². The molecule has 2 aliphatic rings. The molecule has 1 aliphatic carbocycles. The molecule has 1 aliphatic heterocycles. The number of amides is 2. The van der Waals surface area contributed by atoms with Gasteiger partial charge in [-0.25, -0.2) is 8.78 Å². The van der Waals surface area contributed by atoms with Gasteiger partial charge in [-0.3, -0.25) is 14.5 Å². The number of nitrogens with zero attached hydrogens (tertiary/aromatic N) is 1. The SMILES string of the molecule is O=C1CC(Nc2cccc(F)c2F)C(=O)N1C1CC1. The molecule has 1 unspecified atom stereocenters. The predicted molar refractivity (Wildman–Crippen MR) is 63.3 cm³/mol. The fourth-order valence-corrected chi connectivity index (χ4v) is 2.28. The van der Waals surface area contributed by atoms with E-state index in [0.29, 0.717) is 0 Å². The zero-order valence-corrected chi connectivity index (χ0v) is 10.0. The standard InChI is InChI=1S/C13H12F2N2O2/c14-8-2-1-3-9(12(8)15)16-10-6-11(18)17(13(10)19)7-4-5-7/h1-3,7,10,16H,4-6H2. The van der Waals surface area contributed by atoms with Gasteiger partial charge in [0.2, 0.25) is 5.91 Å². The molecule has 1 N–H and O–H groups in total. The maximum Gasteiger partial charge on any atom is 0.252 e. The Morgan fingerprint density at radius 3 is 2.63 bits per heavy atom. The molecule has 0 spiro atoms. The van der Waals surface area contributed by atoms with Gasteiger partial charge in [0.15, 0.2) is 11.6 Å².